The molecule has 1 aromatic heterocycles. The van der Waals surface area contributed by atoms with Crippen molar-refractivity contribution in [1.82, 2.24) is 9.88 Å². The molecule has 0 spiro atoms. The lowest BCUT2D eigenvalue weighted by atomic mass is 10.1. The number of carbonyl (C=O) groups is 1. The summed E-state index contributed by atoms with van der Waals surface area (Å²) >= 11 is 1.48. The third-order valence-corrected chi connectivity index (χ3v) is 4.34. The van der Waals surface area contributed by atoms with Crippen LogP contribution in [0.1, 0.15) is 16.0 Å². The Hall–Kier alpha value is -2.02. The number of aromatic nitrogens is 1. The fraction of sp³-hybridized carbons (Fsp3) is 0.333. The molecule has 0 radical (unpaired) electrons. The normalized spacial score (nSPS) is 10.8. The average Bonchev–Trinajstić information content (AvgIpc) is 2.94. The molecule has 1 heterocycles. The smallest absolute Gasteiger partial charge is 0.240 e. The number of hydrogen-bond donors (Lipinski definition) is 2. The topological polar surface area (TPSA) is 65.5 Å². The van der Waals surface area contributed by atoms with Crippen molar-refractivity contribution in [3.8, 4) is 0 Å². The maximum absolute atomic E-state index is 12.1. The van der Waals surface area contributed by atoms with E-state index in [9.17, 15) is 4.79 Å². The molecule has 5 nitrogen and oxygen atoms in total. The molecule has 128 valence electrons. The van der Waals surface area contributed by atoms with Gasteiger partial charge in [0.05, 0.1) is 13.2 Å². The number of thiazole rings is 1. The molecule has 0 fully saturated rings. The Labute approximate surface area is 146 Å². The fourth-order valence-electron chi connectivity index (χ4n) is 2.39. The molecule has 0 aliphatic carbocycles. The van der Waals surface area contributed by atoms with E-state index < -0.39 is 0 Å². The molecule has 2 aromatic rings. The molecule has 24 heavy (non-hydrogen) atoms. The number of aliphatic hydroxyl groups is 1. The molecular weight excluding hydrogens is 322 g/mol. The summed E-state index contributed by atoms with van der Waals surface area (Å²) in [5.74, 6) is -0.137. The van der Waals surface area contributed by atoms with Crippen LogP contribution in [0.5, 0.6) is 0 Å². The Morgan fingerprint density at radius 1 is 1.50 bits per heavy atom. The summed E-state index contributed by atoms with van der Waals surface area (Å²) < 4.78 is 0. The number of amides is 1. The van der Waals surface area contributed by atoms with Gasteiger partial charge in [0.25, 0.3) is 0 Å². The van der Waals surface area contributed by atoms with Gasteiger partial charge in [0.15, 0.2) is 5.13 Å². The minimum Gasteiger partial charge on any atom is -0.395 e. The number of hydrogen-bond acceptors (Lipinski definition) is 5. The van der Waals surface area contributed by atoms with E-state index in [0.29, 0.717) is 18.2 Å². The predicted octanol–water partition coefficient (Wildman–Crippen LogP) is 2.46. The first-order chi connectivity index (χ1) is 11.6. The van der Waals surface area contributed by atoms with Crippen LogP contribution in [-0.4, -0.2) is 47.1 Å². The van der Waals surface area contributed by atoms with Crippen molar-refractivity contribution in [2.45, 2.75) is 13.3 Å². The van der Waals surface area contributed by atoms with Gasteiger partial charge in [-0.05, 0) is 12.5 Å². The van der Waals surface area contributed by atoms with Crippen molar-refractivity contribution in [1.29, 1.82) is 0 Å². The maximum Gasteiger partial charge on any atom is 0.240 e. The minimum absolute atomic E-state index is 0.0129. The number of aliphatic hydroxyl groups excluding tert-OH is 1. The summed E-state index contributed by atoms with van der Waals surface area (Å²) in [6.07, 6.45) is 4.33. The molecule has 1 amide bonds. The summed E-state index contributed by atoms with van der Waals surface area (Å²) in [4.78, 5) is 19.3. The second-order valence-corrected chi connectivity index (χ2v) is 6.71. The van der Waals surface area contributed by atoms with Crippen molar-refractivity contribution in [3.63, 3.8) is 0 Å². The van der Waals surface area contributed by atoms with Crippen LogP contribution >= 0.6 is 11.3 Å². The summed E-state index contributed by atoms with van der Waals surface area (Å²) in [6, 6.07) is 8.36. The maximum atomic E-state index is 12.1. The standard InChI is InChI=1S/C18H23N3O2S/c1-3-7-21(8-9-22)13-17(23)20-18-19-12-16(24-18)11-15-6-4-5-14(2)10-15/h3-6,10,12,22H,1,7-9,11,13H2,2H3,(H,19,20,23). The summed E-state index contributed by atoms with van der Waals surface area (Å²) in [5, 5.41) is 12.4. The first kappa shape index (κ1) is 18.3. The van der Waals surface area contributed by atoms with Crippen molar-refractivity contribution in [2.75, 3.05) is 31.6 Å². The van der Waals surface area contributed by atoms with Crippen LogP contribution in [0.2, 0.25) is 0 Å². The van der Waals surface area contributed by atoms with Crippen molar-refractivity contribution in [2.24, 2.45) is 0 Å². The molecule has 6 heteroatoms. The fourth-order valence-corrected chi connectivity index (χ4v) is 3.25. The lowest BCUT2D eigenvalue weighted by Crippen LogP contribution is -2.35. The van der Waals surface area contributed by atoms with Gasteiger partial charge in [-0.1, -0.05) is 35.9 Å². The van der Waals surface area contributed by atoms with Crippen LogP contribution in [0, 0.1) is 6.92 Å². The Kier molecular flexibility index (Phi) is 7.11. The van der Waals surface area contributed by atoms with Gasteiger partial charge in [0, 0.05) is 30.6 Å². The SMILES string of the molecule is C=CCN(CCO)CC(=O)Nc1ncc(Cc2cccc(C)c2)s1. The number of aryl methyl sites for hydroxylation is 1. The monoisotopic (exact) mass is 345 g/mol. The molecule has 1 aromatic carbocycles. The molecule has 0 aliphatic rings. The summed E-state index contributed by atoms with van der Waals surface area (Å²) in [5.41, 5.74) is 2.47. The molecule has 0 saturated heterocycles. The van der Waals surface area contributed by atoms with Crippen LogP contribution in [0.4, 0.5) is 5.13 Å². The summed E-state index contributed by atoms with van der Waals surface area (Å²) in [6.45, 7) is 6.95. The van der Waals surface area contributed by atoms with E-state index in [2.05, 4.69) is 42.0 Å². The van der Waals surface area contributed by atoms with Gasteiger partial charge in [-0.15, -0.1) is 17.9 Å². The second kappa shape index (κ2) is 9.32. The number of nitrogens with zero attached hydrogens (tertiary/aromatic N) is 2. The van der Waals surface area contributed by atoms with Gasteiger partial charge in [0.2, 0.25) is 5.91 Å². The highest BCUT2D eigenvalue weighted by Crippen LogP contribution is 2.21. The highest BCUT2D eigenvalue weighted by molar-refractivity contribution is 7.15. The highest BCUT2D eigenvalue weighted by atomic mass is 32.1. The number of carbonyl (C=O) groups excluding carboxylic acids is 1. The van der Waals surface area contributed by atoms with Gasteiger partial charge < -0.3 is 10.4 Å². The number of nitrogens with one attached hydrogen (secondary N) is 1. The molecule has 0 saturated carbocycles. The Morgan fingerprint density at radius 2 is 2.33 bits per heavy atom. The zero-order chi connectivity index (χ0) is 17.4. The Morgan fingerprint density at radius 3 is 3.04 bits per heavy atom. The van der Waals surface area contributed by atoms with E-state index in [1.54, 1.807) is 12.3 Å². The third-order valence-electron chi connectivity index (χ3n) is 3.43. The van der Waals surface area contributed by atoms with E-state index in [4.69, 9.17) is 5.11 Å². The third kappa shape index (κ3) is 5.88. The highest BCUT2D eigenvalue weighted by Gasteiger charge is 2.11. The number of benzene rings is 1. The van der Waals surface area contributed by atoms with Crippen molar-refractivity contribution >= 4 is 22.4 Å². The largest absolute Gasteiger partial charge is 0.395 e. The van der Waals surface area contributed by atoms with E-state index in [-0.39, 0.29) is 19.1 Å². The Balaban J connectivity index is 1.90. The molecule has 0 aliphatic heterocycles. The second-order valence-electron chi connectivity index (χ2n) is 5.59. The van der Waals surface area contributed by atoms with Crippen LogP contribution < -0.4 is 5.32 Å². The molecule has 2 N–H and O–H groups in total. The lowest BCUT2D eigenvalue weighted by Gasteiger charge is -2.18. The van der Waals surface area contributed by atoms with Crippen LogP contribution in [0.15, 0.2) is 43.1 Å². The molecule has 0 unspecified atom stereocenters. The first-order valence-corrected chi connectivity index (χ1v) is 8.66. The van der Waals surface area contributed by atoms with Crippen molar-refractivity contribution in [3.05, 3.63) is 59.1 Å². The van der Waals surface area contributed by atoms with Gasteiger partial charge in [-0.2, -0.15) is 0 Å². The average molecular weight is 345 g/mol. The van der Waals surface area contributed by atoms with Gasteiger partial charge in [-0.3, -0.25) is 9.69 Å². The summed E-state index contributed by atoms with van der Waals surface area (Å²) in [7, 11) is 0. The number of rotatable bonds is 9. The van der Waals surface area contributed by atoms with E-state index in [0.717, 1.165) is 11.3 Å². The van der Waals surface area contributed by atoms with E-state index in [1.165, 1.54) is 22.5 Å². The van der Waals surface area contributed by atoms with Crippen LogP contribution in [0.25, 0.3) is 0 Å². The Bertz CT molecular complexity index is 684. The van der Waals surface area contributed by atoms with Gasteiger partial charge >= 0.3 is 0 Å². The molecular formula is C18H23N3O2S. The predicted molar refractivity (Wildman–Crippen MR) is 98.5 cm³/mol. The first-order valence-electron chi connectivity index (χ1n) is 7.85. The van der Waals surface area contributed by atoms with Crippen molar-refractivity contribution < 1.29 is 9.90 Å². The van der Waals surface area contributed by atoms with Gasteiger partial charge in [0.1, 0.15) is 0 Å². The zero-order valence-corrected chi connectivity index (χ0v) is 14.7. The number of anilines is 1. The molecule has 0 bridgehead atoms. The van der Waals surface area contributed by atoms with Crippen LogP contribution in [0.3, 0.4) is 0 Å². The van der Waals surface area contributed by atoms with Crippen LogP contribution in [-0.2, 0) is 11.2 Å². The molecule has 2 rings (SSSR count). The lowest BCUT2D eigenvalue weighted by molar-refractivity contribution is -0.117. The quantitative estimate of drug-likeness (QED) is 0.685. The van der Waals surface area contributed by atoms with E-state index >= 15 is 0 Å². The van der Waals surface area contributed by atoms with E-state index in [1.807, 2.05) is 11.0 Å². The zero-order valence-electron chi connectivity index (χ0n) is 13.9. The minimum atomic E-state index is -0.137. The molecule has 0 atom stereocenters. The van der Waals surface area contributed by atoms with Gasteiger partial charge in [-0.25, -0.2) is 4.98 Å².